The number of fused-ring (bicyclic) bond motifs is 3. The zero-order valence-electron chi connectivity index (χ0n) is 14.6. The molecule has 0 aromatic heterocycles. The van der Waals surface area contributed by atoms with E-state index in [1.54, 1.807) is 0 Å². The second kappa shape index (κ2) is 8.13. The van der Waals surface area contributed by atoms with Gasteiger partial charge in [0.05, 0.1) is 5.38 Å². The van der Waals surface area contributed by atoms with Gasteiger partial charge in [-0.1, -0.05) is 142 Å². The van der Waals surface area contributed by atoms with Crippen molar-refractivity contribution in [2.24, 2.45) is 17.8 Å². The maximum atomic E-state index is 7.21. The number of halogens is 12. The predicted octanol–water partition coefficient (Wildman–Crippen LogP) is 9.84. The van der Waals surface area contributed by atoms with E-state index in [9.17, 15) is 0 Å². The number of allylic oxidation sites excluding steroid dienone is 1. The molecule has 3 fully saturated rings. The first-order chi connectivity index (χ1) is 12.9. The molecule has 0 spiro atoms. The Labute approximate surface area is 231 Å². The summed E-state index contributed by atoms with van der Waals surface area (Å²) < 4.78 is -10.7. The van der Waals surface area contributed by atoms with Gasteiger partial charge >= 0.3 is 0 Å². The quantitative estimate of drug-likeness (QED) is 0.182. The summed E-state index contributed by atoms with van der Waals surface area (Å²) in [5.41, 5.74) is 0.206. The highest BCUT2D eigenvalue weighted by atomic mass is 35.6. The van der Waals surface area contributed by atoms with Crippen molar-refractivity contribution < 1.29 is 0 Å². The Hall–Kier alpha value is 3.22. The lowest BCUT2D eigenvalue weighted by Crippen LogP contribution is -2.78. The number of hydrogen-bond acceptors (Lipinski definition) is 0. The van der Waals surface area contributed by atoms with E-state index in [4.69, 9.17) is 139 Å². The summed E-state index contributed by atoms with van der Waals surface area (Å²) in [6.45, 7) is 4.08. The van der Waals surface area contributed by atoms with Gasteiger partial charge in [-0.05, 0) is 30.3 Å². The molecule has 5 atom stereocenters. The number of rotatable bonds is 0. The van der Waals surface area contributed by atoms with E-state index < -0.39 is 37.8 Å². The van der Waals surface area contributed by atoms with Crippen molar-refractivity contribution in [3.63, 3.8) is 0 Å². The summed E-state index contributed by atoms with van der Waals surface area (Å²) in [6.07, 6.45) is 3.97. The molecule has 0 N–H and O–H groups in total. The minimum Gasteiger partial charge on any atom is -0.120 e. The lowest BCUT2D eigenvalue weighted by atomic mass is 9.57. The largest absolute Gasteiger partial charge is 0.189 e. The molecule has 0 aliphatic heterocycles. The highest BCUT2D eigenvalue weighted by Crippen LogP contribution is 2.77. The van der Waals surface area contributed by atoms with Crippen LogP contribution in [-0.4, -0.2) is 31.9 Å². The van der Waals surface area contributed by atoms with Crippen LogP contribution in [-0.2, 0) is 0 Å². The average molecular weight is 646 g/mol. The summed E-state index contributed by atoms with van der Waals surface area (Å²) in [5.74, 6) is -0.894. The SMILES string of the molecule is C=C1C2C3CCCCC3CC(Cl)C(Cl)(Cl)C(Cl)(Cl)C2(Cl)C(Cl)(Cl)C(Cl)(Cl)C1(Cl)Cl. The van der Waals surface area contributed by atoms with Crippen molar-refractivity contribution in [1.82, 2.24) is 0 Å². The van der Waals surface area contributed by atoms with Gasteiger partial charge in [-0.15, -0.1) is 23.2 Å². The van der Waals surface area contributed by atoms with Gasteiger partial charge in [0.2, 0.25) is 0 Å². The van der Waals surface area contributed by atoms with Gasteiger partial charge < -0.3 is 0 Å². The van der Waals surface area contributed by atoms with E-state index >= 15 is 0 Å². The maximum Gasteiger partial charge on any atom is 0.189 e. The number of hydrogen-bond donors (Lipinski definition) is 0. The third-order valence-corrected chi connectivity index (χ3v) is 15.3. The summed E-state index contributed by atoms with van der Waals surface area (Å²) in [7, 11) is 0. The van der Waals surface area contributed by atoms with E-state index in [1.807, 2.05) is 0 Å². The van der Waals surface area contributed by atoms with Crippen LogP contribution in [0.25, 0.3) is 0 Å². The molecular weight excluding hydrogens is 630 g/mol. The second-order valence-corrected chi connectivity index (χ2v) is 15.9. The molecule has 0 saturated heterocycles. The van der Waals surface area contributed by atoms with Crippen molar-refractivity contribution in [2.45, 2.75) is 64.0 Å². The summed E-state index contributed by atoms with van der Waals surface area (Å²) in [6, 6.07) is 0. The summed E-state index contributed by atoms with van der Waals surface area (Å²) in [4.78, 5) is -2.04. The van der Waals surface area contributed by atoms with Crippen molar-refractivity contribution in [2.75, 3.05) is 0 Å². The molecule has 3 saturated carbocycles. The van der Waals surface area contributed by atoms with Crippen LogP contribution >= 0.6 is 139 Å². The van der Waals surface area contributed by atoms with Gasteiger partial charge in [0.15, 0.2) is 21.7 Å². The van der Waals surface area contributed by atoms with E-state index in [0.717, 1.165) is 25.7 Å². The molecule has 0 radical (unpaired) electrons. The topological polar surface area (TPSA) is 0 Å². The minimum atomic E-state index is -2.31. The Morgan fingerprint density at radius 3 is 1.79 bits per heavy atom. The van der Waals surface area contributed by atoms with Crippen LogP contribution in [0.3, 0.4) is 0 Å². The molecule has 0 aromatic carbocycles. The molecule has 5 unspecified atom stereocenters. The van der Waals surface area contributed by atoms with Gasteiger partial charge in [0.25, 0.3) is 0 Å². The van der Waals surface area contributed by atoms with Crippen LogP contribution in [0, 0.1) is 17.8 Å². The summed E-state index contributed by atoms with van der Waals surface area (Å²) in [5, 5.41) is -0.862. The van der Waals surface area contributed by atoms with Crippen LogP contribution < -0.4 is 0 Å². The highest BCUT2D eigenvalue weighted by Gasteiger charge is 2.84. The van der Waals surface area contributed by atoms with E-state index in [1.165, 1.54) is 0 Å². The molecule has 0 amide bonds. The fourth-order valence-corrected chi connectivity index (χ4v) is 9.81. The third-order valence-electron chi connectivity index (χ3n) is 6.63. The predicted molar refractivity (Wildman–Crippen MR) is 133 cm³/mol. The van der Waals surface area contributed by atoms with Crippen LogP contribution in [0.15, 0.2) is 12.2 Å². The van der Waals surface area contributed by atoms with Crippen LogP contribution in [0.4, 0.5) is 0 Å². The standard InChI is InChI=1S/C17H16Cl12/c1-7-11-9-5-3-2-4-8(9)6-10(18)14(22,23)15(24,25)12(11,19)16(26,27)17(28,29)13(7,20)21/h8-11H,1-6H2. The molecule has 29 heavy (non-hydrogen) atoms. The normalized spacial score (nSPS) is 44.8. The molecule has 12 heteroatoms. The van der Waals surface area contributed by atoms with Gasteiger partial charge in [0.1, 0.15) is 4.87 Å². The lowest BCUT2D eigenvalue weighted by molar-refractivity contribution is 0.0890. The highest BCUT2D eigenvalue weighted by molar-refractivity contribution is 6.75. The maximum absolute atomic E-state index is 7.21. The van der Waals surface area contributed by atoms with Crippen LogP contribution in [0.2, 0.25) is 0 Å². The van der Waals surface area contributed by atoms with Crippen LogP contribution in [0.1, 0.15) is 32.1 Å². The molecule has 0 aromatic rings. The molecule has 3 aliphatic carbocycles. The molecule has 0 bridgehead atoms. The first-order valence-electron chi connectivity index (χ1n) is 8.82. The molecule has 168 valence electrons. The molecular formula is C17H16Cl12. The Bertz CT molecular complexity index is 689. The van der Waals surface area contributed by atoms with Crippen molar-refractivity contribution >= 4 is 139 Å². The smallest absolute Gasteiger partial charge is 0.120 e. The fraction of sp³-hybridized carbons (Fsp3) is 0.882. The van der Waals surface area contributed by atoms with Gasteiger partial charge in [-0.2, -0.15) is 0 Å². The monoisotopic (exact) mass is 640 g/mol. The van der Waals surface area contributed by atoms with Crippen molar-refractivity contribution in [3.8, 4) is 0 Å². The van der Waals surface area contributed by atoms with Crippen molar-refractivity contribution in [1.29, 1.82) is 0 Å². The number of alkyl halides is 12. The second-order valence-electron chi connectivity index (χ2n) is 8.05. The van der Waals surface area contributed by atoms with E-state index in [0.29, 0.717) is 6.42 Å². The minimum absolute atomic E-state index is 0.0545. The zero-order valence-corrected chi connectivity index (χ0v) is 23.7. The molecule has 3 aliphatic rings. The fourth-order valence-electron chi connectivity index (χ4n) is 5.02. The third kappa shape index (κ3) is 3.35. The Morgan fingerprint density at radius 2 is 1.24 bits per heavy atom. The molecule has 0 nitrogen and oxygen atoms in total. The van der Waals surface area contributed by atoms with E-state index in [-0.39, 0.29) is 17.4 Å². The first-order valence-corrected chi connectivity index (χ1v) is 13.4. The zero-order chi connectivity index (χ0) is 22.4. The Balaban J connectivity index is 2.38. The van der Waals surface area contributed by atoms with Gasteiger partial charge in [-0.3, -0.25) is 0 Å². The van der Waals surface area contributed by atoms with E-state index in [2.05, 4.69) is 6.58 Å². The Morgan fingerprint density at radius 1 is 0.724 bits per heavy atom. The van der Waals surface area contributed by atoms with Gasteiger partial charge in [0, 0.05) is 5.92 Å². The molecule has 0 heterocycles. The molecule has 3 rings (SSSR count). The summed E-state index contributed by atoms with van der Waals surface area (Å²) >= 11 is 80.6. The average Bonchev–Trinajstić information content (AvgIpc) is 2.60. The Kier molecular flexibility index (Phi) is 7.52. The lowest BCUT2D eigenvalue weighted by Gasteiger charge is -2.66. The first kappa shape index (κ1) is 26.8. The van der Waals surface area contributed by atoms with Gasteiger partial charge in [-0.25, -0.2) is 0 Å². The van der Waals surface area contributed by atoms with Crippen LogP contribution in [0.5, 0.6) is 0 Å². The van der Waals surface area contributed by atoms with Crippen molar-refractivity contribution in [3.05, 3.63) is 12.2 Å².